The highest BCUT2D eigenvalue weighted by molar-refractivity contribution is 5.95. The summed E-state index contributed by atoms with van der Waals surface area (Å²) in [5.41, 5.74) is 10.5. The average Bonchev–Trinajstić information content (AvgIpc) is 2.81. The van der Waals surface area contributed by atoms with Crippen molar-refractivity contribution in [1.82, 2.24) is 21.3 Å². The van der Waals surface area contributed by atoms with E-state index in [1.807, 2.05) is 27.7 Å². The number of amides is 4. The molecule has 0 saturated carbocycles. The monoisotopic (exact) mass is 545 g/mol. The number of carbonyl (C=O) groups excluding carboxylic acids is 5. The number of nitrogens with two attached hydrogens (primary N) is 2. The van der Waals surface area contributed by atoms with Crippen molar-refractivity contribution in [2.24, 2.45) is 28.3 Å². The number of aliphatic imine (C=N–C) groups is 1. The second-order valence-corrected chi connectivity index (χ2v) is 9.93. The maximum atomic E-state index is 13.0. The molecule has 0 aliphatic carbocycles. The first kappa shape index (κ1) is 34.7. The highest BCUT2D eigenvalue weighted by atomic mass is 19.1. The number of halogens is 1. The van der Waals surface area contributed by atoms with Gasteiger partial charge in [-0.1, -0.05) is 27.7 Å². The minimum Gasteiger partial charge on any atom is -0.394 e. The van der Waals surface area contributed by atoms with Gasteiger partial charge in [-0.05, 0) is 37.5 Å². The van der Waals surface area contributed by atoms with Crippen molar-refractivity contribution < 1.29 is 33.5 Å². The molecule has 0 heterocycles. The van der Waals surface area contributed by atoms with E-state index in [0.29, 0.717) is 6.42 Å². The smallest absolute Gasteiger partial charge is 0.245 e. The number of alkyl halides is 1. The van der Waals surface area contributed by atoms with Crippen molar-refractivity contribution in [3.05, 3.63) is 0 Å². The van der Waals surface area contributed by atoms with E-state index in [2.05, 4.69) is 26.3 Å². The molecule has 0 aromatic carbocycles. The lowest BCUT2D eigenvalue weighted by molar-refractivity contribution is -0.135. The number of guanidine groups is 1. The lowest BCUT2D eigenvalue weighted by Crippen LogP contribution is -2.59. The number of aliphatic hydroxyl groups excluding tert-OH is 1. The summed E-state index contributed by atoms with van der Waals surface area (Å²) in [7, 11) is 0. The van der Waals surface area contributed by atoms with Crippen LogP contribution in [0.4, 0.5) is 4.39 Å². The molecule has 0 aromatic rings. The zero-order chi connectivity index (χ0) is 29.4. The molecule has 0 spiro atoms. The van der Waals surface area contributed by atoms with Gasteiger partial charge in [0, 0.05) is 13.5 Å². The molecule has 38 heavy (non-hydrogen) atoms. The molecule has 13 nitrogen and oxygen atoms in total. The third-order valence-corrected chi connectivity index (χ3v) is 5.34. The molecule has 0 aromatic heterocycles. The predicted octanol–water partition coefficient (Wildman–Crippen LogP) is -1.38. The van der Waals surface area contributed by atoms with E-state index in [1.54, 1.807) is 0 Å². The number of ketones is 1. The zero-order valence-corrected chi connectivity index (χ0v) is 22.9. The van der Waals surface area contributed by atoms with Crippen molar-refractivity contribution in [2.45, 2.75) is 84.5 Å². The van der Waals surface area contributed by atoms with E-state index in [4.69, 9.17) is 11.5 Å². The van der Waals surface area contributed by atoms with Crippen LogP contribution in [0.25, 0.3) is 0 Å². The number of hydrogen-bond donors (Lipinski definition) is 7. The summed E-state index contributed by atoms with van der Waals surface area (Å²) in [6.07, 6.45) is 0.902. The minimum absolute atomic E-state index is 0.000977. The van der Waals surface area contributed by atoms with Gasteiger partial charge in [-0.2, -0.15) is 0 Å². The van der Waals surface area contributed by atoms with Crippen molar-refractivity contribution in [3.8, 4) is 0 Å². The van der Waals surface area contributed by atoms with Gasteiger partial charge in [-0.3, -0.25) is 29.0 Å². The first-order valence-electron chi connectivity index (χ1n) is 12.6. The summed E-state index contributed by atoms with van der Waals surface area (Å²) in [4.78, 5) is 66.0. The molecule has 4 amide bonds. The van der Waals surface area contributed by atoms with Crippen LogP contribution in [0, 0.1) is 11.8 Å². The minimum atomic E-state index is -1.43. The maximum Gasteiger partial charge on any atom is 0.245 e. The third-order valence-electron chi connectivity index (χ3n) is 5.34. The molecule has 14 heteroatoms. The standard InChI is InChI=1S/C24H44FN7O6/c1-13(2)9-17(20(35)11-25)30-22(37)18(10-14(3)4)31-23(38)19(12-33)32-21(36)16(29-15(5)34)7-6-8-28-24(26)27/h13-14,16-19,33H,6-12H2,1-5H3,(H,29,34)(H,30,37)(H,31,38)(H,32,36)(H4,26,27,28)/t16-,17-,18-,19-/m0/s1. The third kappa shape index (κ3) is 14.4. The Morgan fingerprint density at radius 3 is 1.74 bits per heavy atom. The Hall–Kier alpha value is -3.29. The average molecular weight is 546 g/mol. The quantitative estimate of drug-likeness (QED) is 0.0617. The topological polar surface area (TPSA) is 218 Å². The normalized spacial score (nSPS) is 14.1. The molecule has 0 rings (SSSR count). The second kappa shape index (κ2) is 18.0. The van der Waals surface area contributed by atoms with Crippen LogP contribution in [-0.4, -0.2) is 84.5 Å². The fourth-order valence-electron chi connectivity index (χ4n) is 3.57. The molecule has 0 bridgehead atoms. The summed E-state index contributed by atoms with van der Waals surface area (Å²) in [5, 5.41) is 19.6. The summed E-state index contributed by atoms with van der Waals surface area (Å²) in [5.74, 6) is -3.68. The fourth-order valence-corrected chi connectivity index (χ4v) is 3.57. The number of nitrogens with zero attached hydrogens (tertiary/aromatic N) is 1. The molecule has 0 unspecified atom stereocenters. The van der Waals surface area contributed by atoms with Crippen LogP contribution in [-0.2, 0) is 24.0 Å². The number of hydrogen-bond acceptors (Lipinski definition) is 7. The van der Waals surface area contributed by atoms with Gasteiger partial charge < -0.3 is 37.8 Å². The predicted molar refractivity (Wildman–Crippen MR) is 140 cm³/mol. The zero-order valence-electron chi connectivity index (χ0n) is 22.9. The van der Waals surface area contributed by atoms with E-state index in [9.17, 15) is 33.5 Å². The molecule has 9 N–H and O–H groups in total. The van der Waals surface area contributed by atoms with E-state index in [-0.39, 0.29) is 43.6 Å². The molecule has 0 fully saturated rings. The number of rotatable bonds is 18. The van der Waals surface area contributed by atoms with Gasteiger partial charge >= 0.3 is 0 Å². The van der Waals surface area contributed by atoms with Gasteiger partial charge in [-0.15, -0.1) is 0 Å². The van der Waals surface area contributed by atoms with Crippen LogP contribution in [0.1, 0.15) is 60.3 Å². The molecular weight excluding hydrogens is 501 g/mol. The lowest BCUT2D eigenvalue weighted by Gasteiger charge is -2.26. The summed E-state index contributed by atoms with van der Waals surface area (Å²) in [6, 6.07) is -4.62. The Labute approximate surface area is 223 Å². The van der Waals surface area contributed by atoms with Gasteiger partial charge in [0.1, 0.15) is 24.8 Å². The van der Waals surface area contributed by atoms with Crippen LogP contribution in [0.3, 0.4) is 0 Å². The Morgan fingerprint density at radius 2 is 1.26 bits per heavy atom. The largest absolute Gasteiger partial charge is 0.394 e. The number of nitrogens with one attached hydrogen (secondary N) is 4. The molecule has 0 radical (unpaired) electrons. The SMILES string of the molecule is CC(=O)N[C@@H](CCCN=C(N)N)C(=O)N[C@@H](CO)C(=O)N[C@@H](CC(C)C)C(=O)N[C@@H](CC(C)C)C(=O)CF. The van der Waals surface area contributed by atoms with Crippen LogP contribution in [0.15, 0.2) is 4.99 Å². The van der Waals surface area contributed by atoms with Crippen molar-refractivity contribution in [2.75, 3.05) is 19.8 Å². The second-order valence-electron chi connectivity index (χ2n) is 9.93. The van der Waals surface area contributed by atoms with E-state index >= 15 is 0 Å². The molecule has 218 valence electrons. The van der Waals surface area contributed by atoms with E-state index in [0.717, 1.165) is 0 Å². The van der Waals surface area contributed by atoms with Crippen LogP contribution < -0.4 is 32.7 Å². The Bertz CT molecular complexity index is 833. The van der Waals surface area contributed by atoms with Gasteiger partial charge in [0.05, 0.1) is 12.6 Å². The van der Waals surface area contributed by atoms with Gasteiger partial charge in [-0.25, -0.2) is 4.39 Å². The highest BCUT2D eigenvalue weighted by Crippen LogP contribution is 2.10. The summed E-state index contributed by atoms with van der Waals surface area (Å²) < 4.78 is 13.0. The Morgan fingerprint density at radius 1 is 0.789 bits per heavy atom. The summed E-state index contributed by atoms with van der Waals surface area (Å²) >= 11 is 0. The Kier molecular flexibility index (Phi) is 16.5. The van der Waals surface area contributed by atoms with E-state index < -0.39 is 66.9 Å². The molecular formula is C24H44FN7O6. The maximum absolute atomic E-state index is 13.0. The first-order chi connectivity index (χ1) is 17.7. The van der Waals surface area contributed by atoms with Crippen LogP contribution in [0.2, 0.25) is 0 Å². The summed E-state index contributed by atoms with van der Waals surface area (Å²) in [6.45, 7) is 6.69. The Balaban J connectivity index is 5.50. The van der Waals surface area contributed by atoms with Crippen molar-refractivity contribution in [1.29, 1.82) is 0 Å². The highest BCUT2D eigenvalue weighted by Gasteiger charge is 2.31. The van der Waals surface area contributed by atoms with Crippen molar-refractivity contribution >= 4 is 35.4 Å². The number of aliphatic hydroxyl groups is 1. The lowest BCUT2D eigenvalue weighted by atomic mass is 9.98. The van der Waals surface area contributed by atoms with Crippen LogP contribution in [0.5, 0.6) is 0 Å². The van der Waals surface area contributed by atoms with Gasteiger partial charge in [0.2, 0.25) is 23.6 Å². The first-order valence-corrected chi connectivity index (χ1v) is 12.6. The number of carbonyl (C=O) groups is 5. The van der Waals surface area contributed by atoms with Gasteiger partial charge in [0.25, 0.3) is 0 Å². The molecule has 4 atom stereocenters. The van der Waals surface area contributed by atoms with Crippen LogP contribution >= 0.6 is 0 Å². The molecule has 0 saturated heterocycles. The molecule has 0 aliphatic rings. The molecule has 0 aliphatic heterocycles. The van der Waals surface area contributed by atoms with Gasteiger partial charge in [0.15, 0.2) is 11.7 Å². The fraction of sp³-hybridized carbons (Fsp3) is 0.750. The van der Waals surface area contributed by atoms with E-state index in [1.165, 1.54) is 6.92 Å². The number of Topliss-reactive ketones (excluding diaryl/α,β-unsaturated/α-hetero) is 1. The van der Waals surface area contributed by atoms with Crippen molar-refractivity contribution in [3.63, 3.8) is 0 Å².